The van der Waals surface area contributed by atoms with Crippen molar-refractivity contribution in [2.24, 2.45) is 12.0 Å². The number of likely N-dealkylation sites (N-methyl/N-ethyl adjacent to an activating group) is 1. The molecule has 1 saturated heterocycles. The number of amides is 1. The molecule has 2 atom stereocenters. The van der Waals surface area contributed by atoms with E-state index in [4.69, 9.17) is 4.99 Å². The number of nitrogens with zero attached hydrogens (tertiary/aromatic N) is 5. The molecule has 0 aliphatic carbocycles. The van der Waals surface area contributed by atoms with E-state index in [2.05, 4.69) is 44.0 Å². The molecule has 1 amide bonds. The van der Waals surface area contributed by atoms with Gasteiger partial charge in [-0.25, -0.2) is 4.99 Å². The number of rotatable bonds is 7. The minimum Gasteiger partial charge on any atom is -0.356 e. The molecule has 2 unspecified atom stereocenters. The minimum atomic E-state index is 0.0565. The maximum Gasteiger partial charge on any atom is 0.225 e. The van der Waals surface area contributed by atoms with Gasteiger partial charge < -0.3 is 20.5 Å². The maximum absolute atomic E-state index is 12.2. The van der Waals surface area contributed by atoms with E-state index in [0.717, 1.165) is 48.5 Å². The predicted molar refractivity (Wildman–Crippen MR) is 126 cm³/mol. The summed E-state index contributed by atoms with van der Waals surface area (Å²) in [7, 11) is 1.95. The molecule has 2 aromatic rings. The van der Waals surface area contributed by atoms with E-state index in [-0.39, 0.29) is 11.8 Å². The zero-order chi connectivity index (χ0) is 22.5. The Kier molecular flexibility index (Phi) is 7.04. The first-order valence-electron chi connectivity index (χ1n) is 11.5. The average molecular weight is 439 g/mol. The number of aryl methyl sites for hydroxylation is 1. The highest BCUT2D eigenvalue weighted by atomic mass is 16.1. The Labute approximate surface area is 189 Å². The molecule has 0 spiro atoms. The number of para-hydroxylation sites is 1. The van der Waals surface area contributed by atoms with Gasteiger partial charge in [-0.3, -0.25) is 9.69 Å². The Balaban J connectivity index is 1.45. The van der Waals surface area contributed by atoms with Gasteiger partial charge in [0.2, 0.25) is 5.91 Å². The van der Waals surface area contributed by atoms with Crippen molar-refractivity contribution in [2.45, 2.75) is 51.6 Å². The van der Waals surface area contributed by atoms with E-state index < -0.39 is 0 Å². The number of fused-ring (bicyclic) bond motifs is 1. The first-order chi connectivity index (χ1) is 15.5. The van der Waals surface area contributed by atoms with Crippen molar-refractivity contribution in [2.75, 3.05) is 31.5 Å². The summed E-state index contributed by atoms with van der Waals surface area (Å²) in [6, 6.07) is 8.54. The van der Waals surface area contributed by atoms with Crippen molar-refractivity contribution >= 4 is 17.6 Å². The van der Waals surface area contributed by atoms with Gasteiger partial charge in [-0.2, -0.15) is 0 Å². The van der Waals surface area contributed by atoms with Gasteiger partial charge in [-0.1, -0.05) is 25.1 Å². The fourth-order valence-electron chi connectivity index (χ4n) is 4.57. The number of guanidine groups is 1. The van der Waals surface area contributed by atoms with Gasteiger partial charge in [-0.15, -0.1) is 10.2 Å². The summed E-state index contributed by atoms with van der Waals surface area (Å²) in [5.74, 6) is 2.59. The van der Waals surface area contributed by atoms with Crippen LogP contribution < -0.4 is 16.0 Å². The lowest BCUT2D eigenvalue weighted by Gasteiger charge is -2.27. The van der Waals surface area contributed by atoms with Gasteiger partial charge in [0.25, 0.3) is 0 Å². The number of hydrogen-bond acceptors (Lipinski definition) is 5. The lowest BCUT2D eigenvalue weighted by molar-refractivity contribution is -0.116. The van der Waals surface area contributed by atoms with Gasteiger partial charge in [-0.05, 0) is 44.5 Å². The van der Waals surface area contributed by atoms with Crippen LogP contribution in [-0.2, 0) is 18.4 Å². The molecule has 1 aromatic heterocycles. The number of aromatic nitrogens is 3. The number of carbonyl (C=O) groups excluding carboxylic acids is 1. The normalized spacial score (nSPS) is 21.3. The van der Waals surface area contributed by atoms with Crippen LogP contribution in [0.15, 0.2) is 29.3 Å². The number of nitrogens with one attached hydrogen (secondary N) is 3. The Morgan fingerprint density at radius 1 is 1.25 bits per heavy atom. The highest BCUT2D eigenvalue weighted by molar-refractivity contribution is 5.94. The molecular weight excluding hydrogens is 404 g/mol. The third-order valence-electron chi connectivity index (χ3n) is 6.59. The Morgan fingerprint density at radius 2 is 2.06 bits per heavy atom. The van der Waals surface area contributed by atoms with Crippen molar-refractivity contribution < 1.29 is 4.79 Å². The Morgan fingerprint density at radius 3 is 2.84 bits per heavy atom. The summed E-state index contributed by atoms with van der Waals surface area (Å²) < 4.78 is 1.96. The minimum absolute atomic E-state index is 0.0565. The van der Waals surface area contributed by atoms with Gasteiger partial charge in [0.1, 0.15) is 12.4 Å². The van der Waals surface area contributed by atoms with Crippen LogP contribution in [0.25, 0.3) is 0 Å². The highest BCUT2D eigenvalue weighted by Crippen LogP contribution is 2.31. The van der Waals surface area contributed by atoms with E-state index in [9.17, 15) is 4.79 Å². The monoisotopic (exact) mass is 438 g/mol. The van der Waals surface area contributed by atoms with Crippen LogP contribution in [-0.4, -0.2) is 63.8 Å². The van der Waals surface area contributed by atoms with Crippen LogP contribution in [0.1, 0.15) is 49.3 Å². The summed E-state index contributed by atoms with van der Waals surface area (Å²) in [5.41, 5.74) is 2.07. The van der Waals surface area contributed by atoms with Crippen LogP contribution in [0.4, 0.5) is 5.69 Å². The second kappa shape index (κ2) is 10.1. The lowest BCUT2D eigenvalue weighted by atomic mass is 9.90. The van der Waals surface area contributed by atoms with E-state index in [1.165, 1.54) is 12.8 Å². The highest BCUT2D eigenvalue weighted by Gasteiger charge is 2.26. The van der Waals surface area contributed by atoms with Crippen LogP contribution >= 0.6 is 0 Å². The molecule has 9 nitrogen and oxygen atoms in total. The summed E-state index contributed by atoms with van der Waals surface area (Å²) in [5, 5.41) is 18.4. The molecule has 3 heterocycles. The third-order valence-corrected chi connectivity index (χ3v) is 6.59. The lowest BCUT2D eigenvalue weighted by Crippen LogP contribution is -2.46. The van der Waals surface area contributed by atoms with Gasteiger partial charge in [0, 0.05) is 44.2 Å². The summed E-state index contributed by atoms with van der Waals surface area (Å²) in [6.45, 7) is 8.30. The van der Waals surface area contributed by atoms with Gasteiger partial charge in [0.15, 0.2) is 11.8 Å². The summed E-state index contributed by atoms with van der Waals surface area (Å²) in [6.07, 6.45) is 2.91. The Hall–Kier alpha value is -2.94. The molecule has 2 aliphatic rings. The van der Waals surface area contributed by atoms with Crippen molar-refractivity contribution in [3.8, 4) is 0 Å². The van der Waals surface area contributed by atoms with Gasteiger partial charge >= 0.3 is 0 Å². The van der Waals surface area contributed by atoms with Crippen LogP contribution in [0.3, 0.4) is 0 Å². The van der Waals surface area contributed by atoms with Crippen molar-refractivity contribution in [1.29, 1.82) is 0 Å². The van der Waals surface area contributed by atoms with Crippen LogP contribution in [0, 0.1) is 6.92 Å². The molecular formula is C23H34N8O. The third kappa shape index (κ3) is 5.09. The van der Waals surface area contributed by atoms with E-state index >= 15 is 0 Å². The number of hydrogen-bond donors (Lipinski definition) is 3. The molecule has 4 rings (SSSR count). The van der Waals surface area contributed by atoms with Crippen LogP contribution in [0.2, 0.25) is 0 Å². The molecule has 9 heteroatoms. The zero-order valence-corrected chi connectivity index (χ0v) is 19.3. The van der Waals surface area contributed by atoms with Crippen molar-refractivity contribution in [3.63, 3.8) is 0 Å². The molecule has 2 aliphatic heterocycles. The average Bonchev–Trinajstić information content (AvgIpc) is 3.39. The molecule has 1 aromatic carbocycles. The largest absolute Gasteiger partial charge is 0.356 e. The molecule has 172 valence electrons. The molecule has 32 heavy (non-hydrogen) atoms. The van der Waals surface area contributed by atoms with E-state index in [1.807, 2.05) is 36.7 Å². The summed E-state index contributed by atoms with van der Waals surface area (Å²) in [4.78, 5) is 19.5. The number of benzene rings is 1. The fraction of sp³-hybridized carbons (Fsp3) is 0.565. The fourth-order valence-corrected chi connectivity index (χ4v) is 4.57. The zero-order valence-electron chi connectivity index (χ0n) is 19.3. The quantitative estimate of drug-likeness (QED) is 0.450. The van der Waals surface area contributed by atoms with Crippen LogP contribution in [0.5, 0.6) is 0 Å². The predicted octanol–water partition coefficient (Wildman–Crippen LogP) is 1.77. The first-order valence-corrected chi connectivity index (χ1v) is 11.5. The van der Waals surface area contributed by atoms with Gasteiger partial charge in [0.05, 0.1) is 0 Å². The van der Waals surface area contributed by atoms with Crippen molar-refractivity contribution in [3.05, 3.63) is 41.5 Å². The number of carbonyl (C=O) groups is 1. The maximum atomic E-state index is 12.2. The first kappa shape index (κ1) is 22.3. The standard InChI is InChI=1S/C23H34N8O/c1-4-31-11-7-8-18(31)14-25-23(26-15-21-29-28-16(2)30(21)3)24-13-17-12-22(32)27-20-10-6-5-9-19(17)20/h5-6,9-10,17-18H,4,7-8,11-15H2,1-3H3,(H,27,32)(H2,24,25,26). The SMILES string of the molecule is CCN1CCCC1CNC(=NCc1nnc(C)n1C)NCC1CC(=O)Nc2ccccc21. The topological polar surface area (TPSA) is 99.5 Å². The molecule has 0 saturated carbocycles. The smallest absolute Gasteiger partial charge is 0.225 e. The van der Waals surface area contributed by atoms with Crippen molar-refractivity contribution in [1.82, 2.24) is 30.3 Å². The second-order valence-corrected chi connectivity index (χ2v) is 8.61. The second-order valence-electron chi connectivity index (χ2n) is 8.61. The number of anilines is 1. The summed E-state index contributed by atoms with van der Waals surface area (Å²) >= 11 is 0. The number of aliphatic imine (C=N–C) groups is 1. The Bertz CT molecular complexity index is 969. The number of likely N-dealkylation sites (tertiary alicyclic amines) is 1. The molecule has 1 fully saturated rings. The molecule has 0 radical (unpaired) electrons. The molecule has 0 bridgehead atoms. The van der Waals surface area contributed by atoms with E-state index in [1.54, 1.807) is 0 Å². The van der Waals surface area contributed by atoms with E-state index in [0.29, 0.717) is 25.6 Å². The molecule has 3 N–H and O–H groups in total.